The van der Waals surface area contributed by atoms with E-state index in [1.165, 1.54) is 12.0 Å². The molecule has 0 aliphatic heterocycles. The second-order valence-electron chi connectivity index (χ2n) is 4.82. The summed E-state index contributed by atoms with van der Waals surface area (Å²) in [6.07, 6.45) is 10.0. The molecule has 0 aromatic rings. The Morgan fingerprint density at radius 3 is 2.86 bits per heavy atom. The molecule has 0 N–H and O–H groups in total. The fraction of sp³-hybridized carbons (Fsp3) is 0.615. The fourth-order valence-corrected chi connectivity index (χ4v) is 2.87. The van der Waals surface area contributed by atoms with Crippen molar-refractivity contribution in [2.75, 3.05) is 0 Å². The predicted octanol–water partition coefficient (Wildman–Crippen LogP) is 3.27. The van der Waals surface area contributed by atoms with E-state index in [9.17, 15) is 4.79 Å². The Hall–Kier alpha value is -0.850. The highest BCUT2D eigenvalue weighted by atomic mass is 16.1. The zero-order valence-electron chi connectivity index (χ0n) is 9.05. The van der Waals surface area contributed by atoms with Crippen molar-refractivity contribution in [1.82, 2.24) is 0 Å². The number of hydrogen-bond acceptors (Lipinski definition) is 1. The Bertz CT molecular complexity index is 311. The van der Waals surface area contributed by atoms with Crippen LogP contribution in [0.4, 0.5) is 0 Å². The Balaban J connectivity index is 2.30. The van der Waals surface area contributed by atoms with Crippen molar-refractivity contribution in [2.24, 2.45) is 11.3 Å². The molecule has 2 aliphatic carbocycles. The van der Waals surface area contributed by atoms with Crippen molar-refractivity contribution in [3.63, 3.8) is 0 Å². The summed E-state index contributed by atoms with van der Waals surface area (Å²) in [7, 11) is 0. The summed E-state index contributed by atoms with van der Waals surface area (Å²) in [5.41, 5.74) is 2.75. The van der Waals surface area contributed by atoms with Crippen molar-refractivity contribution < 1.29 is 4.79 Å². The van der Waals surface area contributed by atoms with Crippen LogP contribution in [0.1, 0.15) is 39.5 Å². The minimum atomic E-state index is 0.196. The lowest BCUT2D eigenvalue weighted by Gasteiger charge is -2.37. The number of carbonyl (C=O) groups excluding carboxylic acids is 1. The van der Waals surface area contributed by atoms with Crippen LogP contribution in [0.3, 0.4) is 0 Å². The number of allylic oxidation sites excluding steroid dienone is 4. The first-order valence-electron chi connectivity index (χ1n) is 5.50. The van der Waals surface area contributed by atoms with E-state index in [1.54, 1.807) is 0 Å². The van der Waals surface area contributed by atoms with Gasteiger partial charge in [-0.05, 0) is 44.1 Å². The monoisotopic (exact) mass is 190 g/mol. The molecular formula is C13H18O. The van der Waals surface area contributed by atoms with Gasteiger partial charge in [0.05, 0.1) is 0 Å². The van der Waals surface area contributed by atoms with Crippen LogP contribution in [0.2, 0.25) is 0 Å². The quantitative estimate of drug-likeness (QED) is 0.458. The summed E-state index contributed by atoms with van der Waals surface area (Å²) in [4.78, 5) is 11.0. The van der Waals surface area contributed by atoms with Crippen LogP contribution in [0.5, 0.6) is 0 Å². The lowest BCUT2D eigenvalue weighted by atomic mass is 9.66. The van der Waals surface area contributed by atoms with Crippen LogP contribution < -0.4 is 0 Å². The van der Waals surface area contributed by atoms with Gasteiger partial charge in [-0.15, -0.1) is 0 Å². The van der Waals surface area contributed by atoms with Gasteiger partial charge in [-0.3, -0.25) is 4.79 Å². The summed E-state index contributed by atoms with van der Waals surface area (Å²) >= 11 is 0. The number of rotatable bonds is 1. The molecule has 0 saturated carbocycles. The van der Waals surface area contributed by atoms with Gasteiger partial charge in [0.25, 0.3) is 0 Å². The molecule has 1 spiro atoms. The van der Waals surface area contributed by atoms with Gasteiger partial charge in [-0.25, -0.2) is 0 Å². The Morgan fingerprint density at radius 1 is 1.50 bits per heavy atom. The fourth-order valence-electron chi connectivity index (χ4n) is 2.87. The van der Waals surface area contributed by atoms with Gasteiger partial charge >= 0.3 is 0 Å². The second kappa shape index (κ2) is 3.38. The zero-order valence-corrected chi connectivity index (χ0v) is 9.05. The maximum atomic E-state index is 11.0. The lowest BCUT2D eigenvalue weighted by molar-refractivity contribution is -0.106. The molecule has 14 heavy (non-hydrogen) atoms. The van der Waals surface area contributed by atoms with Crippen LogP contribution >= 0.6 is 0 Å². The highest BCUT2D eigenvalue weighted by molar-refractivity contribution is 5.76. The molecule has 0 aromatic heterocycles. The van der Waals surface area contributed by atoms with E-state index in [4.69, 9.17) is 0 Å². The molecule has 2 aliphatic rings. The average molecular weight is 190 g/mol. The van der Waals surface area contributed by atoms with Gasteiger partial charge in [0.15, 0.2) is 0 Å². The number of hydrogen-bond donors (Lipinski definition) is 0. The SMILES string of the molecule is CC1=CCC2(CC1)C(C=O)=CCC2C. The summed E-state index contributed by atoms with van der Waals surface area (Å²) in [6, 6.07) is 0. The largest absolute Gasteiger partial charge is 0.298 e. The third-order valence-corrected chi connectivity index (χ3v) is 4.12. The van der Waals surface area contributed by atoms with E-state index in [2.05, 4.69) is 26.0 Å². The van der Waals surface area contributed by atoms with Crippen molar-refractivity contribution in [3.05, 3.63) is 23.3 Å². The molecular weight excluding hydrogens is 172 g/mol. The molecule has 0 heterocycles. The zero-order chi connectivity index (χ0) is 10.2. The van der Waals surface area contributed by atoms with E-state index in [1.807, 2.05) is 0 Å². The van der Waals surface area contributed by atoms with Crippen LogP contribution in [0.15, 0.2) is 23.3 Å². The van der Waals surface area contributed by atoms with E-state index < -0.39 is 0 Å². The van der Waals surface area contributed by atoms with Gasteiger partial charge in [0.1, 0.15) is 6.29 Å². The van der Waals surface area contributed by atoms with Crippen LogP contribution in [-0.4, -0.2) is 6.29 Å². The maximum Gasteiger partial charge on any atom is 0.146 e. The normalized spacial score (nSPS) is 36.9. The van der Waals surface area contributed by atoms with Crippen molar-refractivity contribution in [1.29, 1.82) is 0 Å². The Morgan fingerprint density at radius 2 is 2.29 bits per heavy atom. The van der Waals surface area contributed by atoms with Crippen LogP contribution in [-0.2, 0) is 4.79 Å². The van der Waals surface area contributed by atoms with E-state index in [0.717, 1.165) is 31.1 Å². The molecule has 0 aromatic carbocycles. The average Bonchev–Trinajstić information content (AvgIpc) is 2.49. The Kier molecular flexibility index (Phi) is 2.34. The highest BCUT2D eigenvalue weighted by Gasteiger charge is 2.42. The molecule has 0 radical (unpaired) electrons. The predicted molar refractivity (Wildman–Crippen MR) is 58.0 cm³/mol. The maximum absolute atomic E-state index is 11.0. The van der Waals surface area contributed by atoms with Gasteiger partial charge in [-0.2, -0.15) is 0 Å². The van der Waals surface area contributed by atoms with Gasteiger partial charge < -0.3 is 0 Å². The van der Waals surface area contributed by atoms with E-state index in [0.29, 0.717) is 5.92 Å². The first-order valence-corrected chi connectivity index (χ1v) is 5.50. The van der Waals surface area contributed by atoms with Crippen molar-refractivity contribution in [2.45, 2.75) is 39.5 Å². The topological polar surface area (TPSA) is 17.1 Å². The van der Waals surface area contributed by atoms with Crippen LogP contribution in [0.25, 0.3) is 0 Å². The van der Waals surface area contributed by atoms with Gasteiger partial charge in [-0.1, -0.05) is 24.6 Å². The summed E-state index contributed by atoms with van der Waals surface area (Å²) in [5.74, 6) is 0.645. The summed E-state index contributed by atoms with van der Waals surface area (Å²) in [5, 5.41) is 0. The summed E-state index contributed by atoms with van der Waals surface area (Å²) in [6.45, 7) is 4.47. The first kappa shape index (κ1) is 9.70. The number of carbonyl (C=O) groups is 1. The minimum absolute atomic E-state index is 0.196. The van der Waals surface area contributed by atoms with Gasteiger partial charge in [0.2, 0.25) is 0 Å². The molecule has 2 rings (SSSR count). The highest BCUT2D eigenvalue weighted by Crippen LogP contribution is 2.51. The molecule has 1 nitrogen and oxygen atoms in total. The molecule has 0 amide bonds. The van der Waals surface area contributed by atoms with Crippen molar-refractivity contribution >= 4 is 6.29 Å². The van der Waals surface area contributed by atoms with Crippen LogP contribution in [0, 0.1) is 11.3 Å². The van der Waals surface area contributed by atoms with Gasteiger partial charge in [0, 0.05) is 5.41 Å². The standard InChI is InChI=1S/C13H18O/c1-10-5-7-13(8-6-10)11(2)3-4-12(13)9-14/h4-5,9,11H,3,6-8H2,1-2H3. The number of aldehydes is 1. The Labute approximate surface area is 85.9 Å². The molecule has 2 unspecified atom stereocenters. The molecule has 0 bridgehead atoms. The van der Waals surface area contributed by atoms with E-state index in [-0.39, 0.29) is 5.41 Å². The second-order valence-corrected chi connectivity index (χ2v) is 4.82. The molecule has 1 heteroatoms. The third-order valence-electron chi connectivity index (χ3n) is 4.12. The first-order chi connectivity index (χ1) is 6.69. The van der Waals surface area contributed by atoms with E-state index >= 15 is 0 Å². The lowest BCUT2D eigenvalue weighted by Crippen LogP contribution is -2.29. The molecule has 0 fully saturated rings. The minimum Gasteiger partial charge on any atom is -0.298 e. The van der Waals surface area contributed by atoms with Crippen molar-refractivity contribution in [3.8, 4) is 0 Å². The third kappa shape index (κ3) is 1.26. The molecule has 76 valence electrons. The smallest absolute Gasteiger partial charge is 0.146 e. The molecule has 2 atom stereocenters. The molecule has 0 saturated heterocycles. The summed E-state index contributed by atoms with van der Waals surface area (Å²) < 4.78 is 0.